The first-order valence-electron chi connectivity index (χ1n) is 12.5. The van der Waals surface area contributed by atoms with E-state index >= 15 is 0 Å². The number of amides is 1. The van der Waals surface area contributed by atoms with Gasteiger partial charge in [0.1, 0.15) is 11.7 Å². The summed E-state index contributed by atoms with van der Waals surface area (Å²) in [6.45, 7) is 0.135. The van der Waals surface area contributed by atoms with Crippen LogP contribution in [0.4, 0.5) is 13.2 Å². The molecule has 1 aromatic heterocycles. The highest BCUT2D eigenvalue weighted by Crippen LogP contribution is 2.40. The summed E-state index contributed by atoms with van der Waals surface area (Å²) >= 11 is 0. The summed E-state index contributed by atoms with van der Waals surface area (Å²) in [4.78, 5) is 27.0. The highest BCUT2D eigenvalue weighted by Gasteiger charge is 2.46. The van der Waals surface area contributed by atoms with Crippen LogP contribution >= 0.6 is 0 Å². The van der Waals surface area contributed by atoms with Crippen molar-refractivity contribution in [2.24, 2.45) is 11.5 Å². The van der Waals surface area contributed by atoms with E-state index in [1.54, 1.807) is 47.0 Å². The van der Waals surface area contributed by atoms with Gasteiger partial charge in [0.2, 0.25) is 6.23 Å². The summed E-state index contributed by atoms with van der Waals surface area (Å²) in [5, 5.41) is 16.1. The Bertz CT molecular complexity index is 1690. The lowest BCUT2D eigenvalue weighted by Crippen LogP contribution is -2.44. The van der Waals surface area contributed by atoms with E-state index in [-0.39, 0.29) is 36.0 Å². The Morgan fingerprint density at radius 3 is 2.22 bits per heavy atom. The van der Waals surface area contributed by atoms with Gasteiger partial charge in [-0.15, -0.1) is 0 Å². The summed E-state index contributed by atoms with van der Waals surface area (Å²) < 4.78 is 47.2. The molecule has 41 heavy (non-hydrogen) atoms. The molecule has 1 atom stereocenters. The molecular weight excluding hydrogens is 537 g/mol. The Morgan fingerprint density at radius 1 is 0.902 bits per heavy atom. The number of amidine groups is 2. The van der Waals surface area contributed by atoms with E-state index in [4.69, 9.17) is 27.0 Å². The van der Waals surface area contributed by atoms with Gasteiger partial charge < -0.3 is 20.8 Å². The third-order valence-electron chi connectivity index (χ3n) is 6.97. The zero-order valence-corrected chi connectivity index (χ0v) is 21.5. The molecule has 1 aliphatic rings. The number of ether oxygens (including phenoxy) is 1. The fourth-order valence-corrected chi connectivity index (χ4v) is 5.08. The van der Waals surface area contributed by atoms with Crippen molar-refractivity contribution in [2.75, 3.05) is 6.54 Å². The summed E-state index contributed by atoms with van der Waals surface area (Å²) in [7, 11) is 0. The predicted molar refractivity (Wildman–Crippen MR) is 146 cm³/mol. The number of hydrogen-bond acceptors (Lipinski definition) is 5. The fraction of sp³-hybridized carbons (Fsp3) is 0.172. The maximum atomic E-state index is 13.7. The monoisotopic (exact) mass is 562 g/mol. The second-order valence-corrected chi connectivity index (χ2v) is 9.58. The van der Waals surface area contributed by atoms with E-state index in [0.29, 0.717) is 34.2 Å². The third kappa shape index (κ3) is 5.23. The quantitative estimate of drug-likeness (QED) is 0.159. The van der Waals surface area contributed by atoms with Gasteiger partial charge in [0.05, 0.1) is 5.69 Å². The lowest BCUT2D eigenvalue weighted by atomic mass is 10.0. The first-order chi connectivity index (χ1) is 19.5. The highest BCUT2D eigenvalue weighted by molar-refractivity contribution is 5.99. The number of esters is 1. The first kappa shape index (κ1) is 27.4. The number of carbonyl (C=O) groups excluding carboxylic acids is 2. The zero-order valence-electron chi connectivity index (χ0n) is 21.5. The predicted octanol–water partition coefficient (Wildman–Crippen LogP) is 4.06. The third-order valence-corrected chi connectivity index (χ3v) is 6.97. The highest BCUT2D eigenvalue weighted by atomic mass is 19.4. The van der Waals surface area contributed by atoms with Crippen LogP contribution in [0.3, 0.4) is 0 Å². The summed E-state index contributed by atoms with van der Waals surface area (Å²) in [6.07, 6.45) is -6.67. The van der Waals surface area contributed by atoms with E-state index in [0.717, 1.165) is 10.3 Å². The van der Waals surface area contributed by atoms with Crippen LogP contribution in [0.25, 0.3) is 10.9 Å². The Morgan fingerprint density at radius 2 is 1.56 bits per heavy atom. The second kappa shape index (κ2) is 10.5. The van der Waals surface area contributed by atoms with Crippen LogP contribution in [-0.4, -0.2) is 45.7 Å². The molecule has 2 heterocycles. The molecule has 0 spiro atoms. The van der Waals surface area contributed by atoms with Crippen molar-refractivity contribution in [2.45, 2.75) is 25.4 Å². The van der Waals surface area contributed by atoms with E-state index in [1.165, 1.54) is 24.3 Å². The molecule has 3 aromatic carbocycles. The van der Waals surface area contributed by atoms with Gasteiger partial charge in [-0.05, 0) is 41.8 Å². The number of alkyl halides is 3. The van der Waals surface area contributed by atoms with Crippen LogP contribution in [0, 0.1) is 10.8 Å². The fourth-order valence-electron chi connectivity index (χ4n) is 5.08. The molecule has 0 saturated carbocycles. The number of nitrogens with zero attached hydrogens (tertiary/aromatic N) is 2. The number of fused-ring (bicyclic) bond motifs is 3. The molecule has 0 fully saturated rings. The van der Waals surface area contributed by atoms with Gasteiger partial charge in [0.15, 0.2) is 0 Å². The molecule has 1 amide bonds. The van der Waals surface area contributed by atoms with Crippen molar-refractivity contribution in [3.63, 3.8) is 0 Å². The number of nitrogens with one attached hydrogen (secondary N) is 2. The van der Waals surface area contributed by atoms with E-state index in [1.807, 2.05) is 6.07 Å². The minimum atomic E-state index is -5.29. The summed E-state index contributed by atoms with van der Waals surface area (Å²) in [6, 6.07) is 19.8. The standard InChI is InChI=1S/C29H25F3N6O3/c30-29(31,32)28(40)41-27-23-21(12-13-37(27)26(39)18-10-8-17(9-11-18)24(33)34)20-6-1-2-7-22(20)38(23)15-16-4-3-5-19(14-16)25(35)36/h1-11,14,27H,12-13,15H2,(H3,33,34)(H3,35,36). The topological polar surface area (TPSA) is 151 Å². The van der Waals surface area contributed by atoms with Crippen molar-refractivity contribution < 1.29 is 27.5 Å². The van der Waals surface area contributed by atoms with Crippen molar-refractivity contribution in [3.8, 4) is 0 Å². The second-order valence-electron chi connectivity index (χ2n) is 9.58. The van der Waals surface area contributed by atoms with E-state index in [9.17, 15) is 22.8 Å². The average Bonchev–Trinajstić information content (AvgIpc) is 3.26. The van der Waals surface area contributed by atoms with Gasteiger partial charge >= 0.3 is 12.1 Å². The molecule has 6 N–H and O–H groups in total. The molecule has 0 aliphatic carbocycles. The molecular formula is C29H25F3N6O3. The maximum Gasteiger partial charge on any atom is 0.491 e. The Kier molecular flexibility index (Phi) is 6.99. The van der Waals surface area contributed by atoms with Gasteiger partial charge in [-0.2, -0.15) is 13.2 Å². The van der Waals surface area contributed by atoms with Gasteiger partial charge in [-0.3, -0.25) is 20.5 Å². The largest absolute Gasteiger partial charge is 0.491 e. The molecule has 210 valence electrons. The number of rotatable bonds is 6. The molecule has 5 rings (SSSR count). The van der Waals surface area contributed by atoms with Crippen LogP contribution in [-0.2, 0) is 22.5 Å². The number of nitrogen functional groups attached to an aromatic ring is 2. The molecule has 0 bridgehead atoms. The van der Waals surface area contributed by atoms with Crippen LogP contribution in [0.2, 0.25) is 0 Å². The lowest BCUT2D eigenvalue weighted by Gasteiger charge is -2.36. The van der Waals surface area contributed by atoms with Gasteiger partial charge in [-0.1, -0.05) is 48.5 Å². The van der Waals surface area contributed by atoms with Crippen molar-refractivity contribution in [1.29, 1.82) is 10.8 Å². The molecule has 0 radical (unpaired) electrons. The Balaban J connectivity index is 1.65. The van der Waals surface area contributed by atoms with Crippen LogP contribution in [0.15, 0.2) is 72.8 Å². The number of aromatic nitrogens is 1. The average molecular weight is 563 g/mol. The normalized spacial score (nSPS) is 14.9. The Hall–Kier alpha value is -5.13. The van der Waals surface area contributed by atoms with Gasteiger partial charge in [-0.25, -0.2) is 4.79 Å². The van der Waals surface area contributed by atoms with Crippen molar-refractivity contribution in [1.82, 2.24) is 9.47 Å². The number of halogens is 3. The number of para-hydroxylation sites is 1. The molecule has 12 heteroatoms. The minimum Gasteiger partial charge on any atom is -0.429 e. The van der Waals surface area contributed by atoms with Crippen molar-refractivity contribution in [3.05, 3.63) is 106 Å². The van der Waals surface area contributed by atoms with Crippen LogP contribution < -0.4 is 11.5 Å². The SMILES string of the molecule is N=C(N)c1ccc(C(=O)N2CCc3c(n(Cc4cccc(C(=N)N)c4)c4ccccc34)C2OC(=O)C(F)(F)F)cc1. The smallest absolute Gasteiger partial charge is 0.429 e. The number of hydrogen-bond donors (Lipinski definition) is 4. The molecule has 1 unspecified atom stereocenters. The number of benzene rings is 3. The number of carbonyl (C=O) groups is 2. The Labute approximate surface area is 232 Å². The molecule has 4 aromatic rings. The zero-order chi connectivity index (χ0) is 29.5. The summed E-state index contributed by atoms with van der Waals surface area (Å²) in [5.74, 6) is -3.42. The maximum absolute atomic E-state index is 13.7. The van der Waals surface area contributed by atoms with Crippen LogP contribution in [0.1, 0.15) is 44.5 Å². The molecule has 1 aliphatic heterocycles. The summed E-state index contributed by atoms with van der Waals surface area (Å²) in [5.41, 5.74) is 14.4. The van der Waals surface area contributed by atoms with Crippen LogP contribution in [0.5, 0.6) is 0 Å². The van der Waals surface area contributed by atoms with Crippen molar-refractivity contribution >= 4 is 34.5 Å². The van der Waals surface area contributed by atoms with E-state index < -0.39 is 24.3 Å². The minimum absolute atomic E-state index is 0.00999. The molecule has 9 nitrogen and oxygen atoms in total. The molecule has 0 saturated heterocycles. The van der Waals surface area contributed by atoms with Gasteiger partial charge in [0.25, 0.3) is 5.91 Å². The first-order valence-corrected chi connectivity index (χ1v) is 12.5. The van der Waals surface area contributed by atoms with Gasteiger partial charge in [0, 0.05) is 40.7 Å². The number of nitrogens with two attached hydrogens (primary N) is 2. The van der Waals surface area contributed by atoms with E-state index in [2.05, 4.69) is 0 Å². The lowest BCUT2D eigenvalue weighted by molar-refractivity contribution is -0.212.